The molecule has 0 aromatic heterocycles. The van der Waals surface area contributed by atoms with E-state index in [1.54, 1.807) is 24.1 Å². The topological polar surface area (TPSA) is 100 Å². The highest BCUT2D eigenvalue weighted by Gasteiger charge is 2.72. The van der Waals surface area contributed by atoms with Crippen molar-refractivity contribution in [2.45, 2.75) is 82.1 Å². The molecule has 4 heterocycles. The van der Waals surface area contributed by atoms with Crippen molar-refractivity contribution in [2.24, 2.45) is 17.8 Å². The second-order valence-corrected chi connectivity index (χ2v) is 12.6. The van der Waals surface area contributed by atoms with Gasteiger partial charge in [-0.3, -0.25) is 14.4 Å². The summed E-state index contributed by atoms with van der Waals surface area (Å²) < 4.78 is 11.8. The molecule has 5 aliphatic rings. The molecule has 222 valence electrons. The first-order chi connectivity index (χ1) is 19.9. The zero-order chi connectivity index (χ0) is 28.6. The van der Waals surface area contributed by atoms with Crippen LogP contribution < -0.4 is 15.4 Å². The number of rotatable bonds is 8. The lowest BCUT2D eigenvalue weighted by atomic mass is 9.74. The summed E-state index contributed by atoms with van der Waals surface area (Å²) in [6.45, 7) is 5.38. The zero-order valence-corrected chi connectivity index (χ0v) is 24.3. The Morgan fingerprint density at radius 3 is 2.59 bits per heavy atom. The van der Waals surface area contributed by atoms with Gasteiger partial charge in [0, 0.05) is 30.9 Å². The molecule has 7 atom stereocenters. The van der Waals surface area contributed by atoms with Gasteiger partial charge in [0.25, 0.3) is 0 Å². The van der Waals surface area contributed by atoms with Crippen LogP contribution in [0.4, 0.5) is 5.69 Å². The molecule has 1 saturated carbocycles. The van der Waals surface area contributed by atoms with E-state index in [0.29, 0.717) is 30.4 Å². The van der Waals surface area contributed by atoms with Crippen LogP contribution in [0, 0.1) is 17.8 Å². The summed E-state index contributed by atoms with van der Waals surface area (Å²) >= 11 is 0. The Kier molecular flexibility index (Phi) is 8.10. The number of likely N-dealkylation sites (tertiary alicyclic amines) is 2. The van der Waals surface area contributed by atoms with Crippen LogP contribution in [0.25, 0.3) is 0 Å². The fourth-order valence-electron chi connectivity index (χ4n) is 7.84. The number of ether oxygens (including phenoxy) is 2. The summed E-state index contributed by atoms with van der Waals surface area (Å²) in [7, 11) is 1.58. The fourth-order valence-corrected chi connectivity index (χ4v) is 7.84. The minimum absolute atomic E-state index is 0.0870. The maximum atomic E-state index is 14.3. The highest BCUT2D eigenvalue weighted by Crippen LogP contribution is 2.55. The second-order valence-electron chi connectivity index (χ2n) is 12.6. The number of methoxy groups -OCH3 is 1. The molecular formula is C32H44N4O5. The summed E-state index contributed by atoms with van der Waals surface area (Å²) in [5.74, 6) is -1.03. The number of hydrogen-bond donors (Lipinski definition) is 2. The lowest BCUT2D eigenvalue weighted by Gasteiger charge is -2.36. The average molecular weight is 565 g/mol. The molecule has 2 N–H and O–H groups in total. The van der Waals surface area contributed by atoms with E-state index >= 15 is 0 Å². The molecule has 9 heteroatoms. The maximum absolute atomic E-state index is 14.3. The van der Waals surface area contributed by atoms with Crippen LogP contribution in [0.2, 0.25) is 0 Å². The standard InChI is InChI=1S/C32H44N4O5/c1-21-10-5-6-13-24(21)34-30(38)28-32-15-14-25(41-32)26(29(37)33-22-11-9-12-23(20-22)40-2)27(32)31(39)36(28)19-18-35-16-7-3-4-8-17-35/h9,11-12,14-15,20-21,24-28H,3-8,10,13,16-19H2,1-2H3,(H,33,37)(H,34,38)/t21-,24-,25+,26-,27+,28+,32+/m1/s1. The smallest absolute Gasteiger partial charge is 0.246 e. The molecule has 6 rings (SSSR count). The third kappa shape index (κ3) is 5.27. The average Bonchev–Trinajstić information content (AvgIpc) is 3.52. The molecule has 1 aliphatic carbocycles. The number of nitrogens with zero attached hydrogens (tertiary/aromatic N) is 2. The van der Waals surface area contributed by atoms with E-state index < -0.39 is 29.6 Å². The molecule has 41 heavy (non-hydrogen) atoms. The van der Waals surface area contributed by atoms with E-state index in [2.05, 4.69) is 22.5 Å². The van der Waals surface area contributed by atoms with Crippen molar-refractivity contribution in [1.82, 2.24) is 15.1 Å². The van der Waals surface area contributed by atoms with Gasteiger partial charge in [-0.15, -0.1) is 0 Å². The molecule has 1 aromatic rings. The number of carbonyl (C=O) groups excluding carboxylic acids is 3. The molecule has 3 saturated heterocycles. The van der Waals surface area contributed by atoms with Crippen LogP contribution in [-0.4, -0.2) is 84.6 Å². The summed E-state index contributed by atoms with van der Waals surface area (Å²) in [4.78, 5) is 46.3. The van der Waals surface area contributed by atoms with Crippen LogP contribution in [0.5, 0.6) is 5.75 Å². The Bertz CT molecular complexity index is 1180. The molecule has 1 aromatic carbocycles. The van der Waals surface area contributed by atoms with E-state index in [1.807, 2.05) is 24.3 Å². The number of nitrogens with one attached hydrogen (secondary N) is 2. The van der Waals surface area contributed by atoms with Crippen LogP contribution >= 0.6 is 0 Å². The van der Waals surface area contributed by atoms with Crippen LogP contribution in [0.1, 0.15) is 58.3 Å². The molecule has 4 aliphatic heterocycles. The van der Waals surface area contributed by atoms with Crippen molar-refractivity contribution in [3.05, 3.63) is 36.4 Å². The molecular weight excluding hydrogens is 520 g/mol. The summed E-state index contributed by atoms with van der Waals surface area (Å²) in [6.07, 6.45) is 12.3. The van der Waals surface area contributed by atoms with Gasteiger partial charge in [-0.25, -0.2) is 0 Å². The van der Waals surface area contributed by atoms with E-state index in [0.717, 1.165) is 45.2 Å². The summed E-state index contributed by atoms with van der Waals surface area (Å²) in [5, 5.41) is 6.30. The van der Waals surface area contributed by atoms with Crippen molar-refractivity contribution in [3.63, 3.8) is 0 Å². The quantitative estimate of drug-likeness (QED) is 0.470. The Hall–Kier alpha value is -2.91. The van der Waals surface area contributed by atoms with Crippen molar-refractivity contribution in [3.8, 4) is 5.75 Å². The first-order valence-corrected chi connectivity index (χ1v) is 15.6. The number of benzene rings is 1. The molecule has 3 amide bonds. The monoisotopic (exact) mass is 564 g/mol. The van der Waals surface area contributed by atoms with Gasteiger partial charge >= 0.3 is 0 Å². The number of amides is 3. The number of fused-ring (bicyclic) bond motifs is 1. The third-order valence-electron chi connectivity index (χ3n) is 10.1. The Labute approximate surface area is 243 Å². The van der Waals surface area contributed by atoms with E-state index in [4.69, 9.17) is 9.47 Å². The van der Waals surface area contributed by atoms with Crippen LogP contribution in [0.15, 0.2) is 36.4 Å². The number of anilines is 1. The maximum Gasteiger partial charge on any atom is 0.246 e. The van der Waals surface area contributed by atoms with Crippen molar-refractivity contribution in [2.75, 3.05) is 38.6 Å². The summed E-state index contributed by atoms with van der Waals surface area (Å²) in [6, 6.07) is 6.47. The van der Waals surface area contributed by atoms with E-state index in [-0.39, 0.29) is 23.8 Å². The highest BCUT2D eigenvalue weighted by atomic mass is 16.5. The van der Waals surface area contributed by atoms with Gasteiger partial charge in [0.1, 0.15) is 17.4 Å². The lowest BCUT2D eigenvalue weighted by Crippen LogP contribution is -2.58. The van der Waals surface area contributed by atoms with Gasteiger partial charge in [0.05, 0.1) is 25.0 Å². The first kappa shape index (κ1) is 28.2. The largest absolute Gasteiger partial charge is 0.497 e. The Balaban J connectivity index is 1.27. The van der Waals surface area contributed by atoms with Gasteiger partial charge in [0.2, 0.25) is 17.7 Å². The molecule has 4 fully saturated rings. The predicted octanol–water partition coefficient (Wildman–Crippen LogP) is 3.36. The van der Waals surface area contributed by atoms with Crippen LogP contribution in [0.3, 0.4) is 0 Å². The molecule has 2 bridgehead atoms. The van der Waals surface area contributed by atoms with Crippen molar-refractivity contribution in [1.29, 1.82) is 0 Å². The highest BCUT2D eigenvalue weighted by molar-refractivity contribution is 6.02. The van der Waals surface area contributed by atoms with Gasteiger partial charge in [-0.05, 0) is 56.8 Å². The van der Waals surface area contributed by atoms with Gasteiger partial charge in [-0.1, -0.05) is 50.8 Å². The minimum atomic E-state index is -1.14. The van der Waals surface area contributed by atoms with Gasteiger partial charge in [0.15, 0.2) is 0 Å². The van der Waals surface area contributed by atoms with E-state index in [9.17, 15) is 14.4 Å². The zero-order valence-electron chi connectivity index (χ0n) is 24.3. The number of hydrogen-bond acceptors (Lipinski definition) is 6. The molecule has 9 nitrogen and oxygen atoms in total. The van der Waals surface area contributed by atoms with Crippen LogP contribution in [-0.2, 0) is 19.1 Å². The van der Waals surface area contributed by atoms with Gasteiger partial charge in [-0.2, -0.15) is 0 Å². The van der Waals surface area contributed by atoms with Crippen molar-refractivity contribution < 1.29 is 23.9 Å². The SMILES string of the molecule is COc1cccc(NC(=O)[C@@H]2[C@@H]3C=C[C@]4(O3)[C@@H]2C(=O)N(CCN2CCCCCC2)[C@H]4C(=O)N[C@@H]2CCCC[C@H]2C)c1. The fraction of sp³-hybridized carbons (Fsp3) is 0.656. The second kappa shape index (κ2) is 11.8. The predicted molar refractivity (Wildman–Crippen MR) is 155 cm³/mol. The molecule has 0 radical (unpaired) electrons. The Morgan fingerprint density at radius 1 is 1.05 bits per heavy atom. The van der Waals surface area contributed by atoms with Crippen molar-refractivity contribution >= 4 is 23.4 Å². The first-order valence-electron chi connectivity index (χ1n) is 15.6. The van der Waals surface area contributed by atoms with Gasteiger partial charge < -0.3 is 29.9 Å². The van der Waals surface area contributed by atoms with E-state index in [1.165, 1.54) is 19.3 Å². The number of carbonyl (C=O) groups is 3. The third-order valence-corrected chi connectivity index (χ3v) is 10.1. The molecule has 1 spiro atoms. The summed E-state index contributed by atoms with van der Waals surface area (Å²) in [5.41, 5.74) is -0.543. The molecule has 0 unspecified atom stereocenters. The normalized spacial score (nSPS) is 34.8. The lowest BCUT2D eigenvalue weighted by molar-refractivity contribution is -0.141. The Morgan fingerprint density at radius 2 is 1.83 bits per heavy atom. The minimum Gasteiger partial charge on any atom is -0.497 e.